The quantitative estimate of drug-likeness (QED) is 0.822. The fourth-order valence-corrected chi connectivity index (χ4v) is 2.51. The van der Waals surface area contributed by atoms with Crippen molar-refractivity contribution in [3.8, 4) is 0 Å². The van der Waals surface area contributed by atoms with Gasteiger partial charge < -0.3 is 14.8 Å². The Morgan fingerprint density at radius 1 is 1.37 bits per heavy atom. The number of hydrogen-bond donors (Lipinski definition) is 1. The minimum absolute atomic E-state index is 0.0956. The Morgan fingerprint density at radius 3 is 2.79 bits per heavy atom. The molecule has 0 amide bonds. The molecule has 0 aromatic heterocycles. The van der Waals surface area contributed by atoms with Gasteiger partial charge in [0.25, 0.3) is 0 Å². The number of hydrogen-bond acceptors (Lipinski definition) is 3. The molecule has 2 rings (SSSR count). The fourth-order valence-electron chi connectivity index (χ4n) is 2.51. The zero-order valence-corrected chi connectivity index (χ0v) is 11.6. The summed E-state index contributed by atoms with van der Waals surface area (Å²) < 4.78 is 23.5. The highest BCUT2D eigenvalue weighted by atomic mass is 19.1. The van der Waals surface area contributed by atoms with Crippen LogP contribution in [-0.2, 0) is 9.47 Å². The van der Waals surface area contributed by atoms with Crippen molar-refractivity contribution in [1.82, 2.24) is 5.32 Å². The van der Waals surface area contributed by atoms with Crippen molar-refractivity contribution in [2.45, 2.75) is 30.9 Å². The number of methoxy groups -OCH3 is 2. The van der Waals surface area contributed by atoms with E-state index in [4.69, 9.17) is 9.47 Å². The van der Waals surface area contributed by atoms with Crippen molar-refractivity contribution < 1.29 is 13.9 Å². The van der Waals surface area contributed by atoms with E-state index in [2.05, 4.69) is 5.32 Å². The zero-order valence-electron chi connectivity index (χ0n) is 11.6. The molecule has 1 aromatic carbocycles. The second kappa shape index (κ2) is 6.98. The summed E-state index contributed by atoms with van der Waals surface area (Å²) in [4.78, 5) is 0. The van der Waals surface area contributed by atoms with Crippen molar-refractivity contribution in [2.75, 3.05) is 27.4 Å². The van der Waals surface area contributed by atoms with Crippen molar-refractivity contribution in [1.29, 1.82) is 0 Å². The summed E-state index contributed by atoms with van der Waals surface area (Å²) >= 11 is 0. The SMILES string of the molecule is COCC(CNC1CC(c2cccc(F)c2)C1)OC. The molecule has 1 aliphatic carbocycles. The molecule has 1 atom stereocenters. The van der Waals surface area contributed by atoms with Crippen LogP contribution in [-0.4, -0.2) is 39.5 Å². The summed E-state index contributed by atoms with van der Waals surface area (Å²) in [6.45, 7) is 1.40. The summed E-state index contributed by atoms with van der Waals surface area (Å²) in [6, 6.07) is 7.43. The smallest absolute Gasteiger partial charge is 0.123 e. The van der Waals surface area contributed by atoms with Crippen LogP contribution in [0.25, 0.3) is 0 Å². The zero-order chi connectivity index (χ0) is 13.7. The predicted molar refractivity (Wildman–Crippen MR) is 72.8 cm³/mol. The van der Waals surface area contributed by atoms with Gasteiger partial charge in [-0.2, -0.15) is 0 Å². The average Bonchev–Trinajstić information content (AvgIpc) is 2.35. The molecule has 0 heterocycles. The Bertz CT molecular complexity index is 393. The van der Waals surface area contributed by atoms with E-state index in [1.54, 1.807) is 26.4 Å². The van der Waals surface area contributed by atoms with Gasteiger partial charge in [-0.15, -0.1) is 0 Å². The van der Waals surface area contributed by atoms with Gasteiger partial charge >= 0.3 is 0 Å². The van der Waals surface area contributed by atoms with Gasteiger partial charge in [0, 0.05) is 26.8 Å². The maximum Gasteiger partial charge on any atom is 0.123 e. The lowest BCUT2D eigenvalue weighted by Crippen LogP contribution is -2.44. The molecule has 19 heavy (non-hydrogen) atoms. The summed E-state index contributed by atoms with van der Waals surface area (Å²) in [5.41, 5.74) is 1.11. The van der Waals surface area contributed by atoms with Gasteiger partial charge in [-0.05, 0) is 36.5 Å². The van der Waals surface area contributed by atoms with E-state index in [-0.39, 0.29) is 11.9 Å². The van der Waals surface area contributed by atoms with Crippen LogP contribution in [0.2, 0.25) is 0 Å². The number of halogens is 1. The Morgan fingerprint density at radius 2 is 2.16 bits per heavy atom. The third kappa shape index (κ3) is 4.00. The van der Waals surface area contributed by atoms with Crippen LogP contribution in [0, 0.1) is 5.82 Å². The molecular formula is C15H22FNO2. The first kappa shape index (κ1) is 14.4. The Balaban J connectivity index is 1.71. The maximum atomic E-state index is 13.1. The number of nitrogens with one attached hydrogen (secondary N) is 1. The minimum Gasteiger partial charge on any atom is -0.382 e. The van der Waals surface area contributed by atoms with Gasteiger partial charge in [-0.1, -0.05) is 12.1 Å². The molecule has 3 nitrogen and oxygen atoms in total. The molecular weight excluding hydrogens is 245 g/mol. The highest BCUT2D eigenvalue weighted by Crippen LogP contribution is 2.36. The third-order valence-electron chi connectivity index (χ3n) is 3.78. The first-order valence-corrected chi connectivity index (χ1v) is 6.73. The normalized spacial score (nSPS) is 23.9. The van der Waals surface area contributed by atoms with Gasteiger partial charge in [0.1, 0.15) is 5.82 Å². The largest absolute Gasteiger partial charge is 0.382 e. The van der Waals surface area contributed by atoms with E-state index in [1.165, 1.54) is 6.07 Å². The Kier molecular flexibility index (Phi) is 5.31. The lowest BCUT2D eigenvalue weighted by atomic mass is 9.76. The van der Waals surface area contributed by atoms with Gasteiger partial charge in [0.2, 0.25) is 0 Å². The van der Waals surface area contributed by atoms with Crippen molar-refractivity contribution >= 4 is 0 Å². The summed E-state index contributed by atoms with van der Waals surface area (Å²) in [5.74, 6) is 0.338. The number of ether oxygens (including phenoxy) is 2. The van der Waals surface area contributed by atoms with Crippen molar-refractivity contribution in [2.24, 2.45) is 0 Å². The standard InChI is InChI=1S/C15H22FNO2/c1-18-10-15(19-2)9-17-14-7-12(8-14)11-4-3-5-13(16)6-11/h3-6,12,14-15,17H,7-10H2,1-2H3. The molecule has 1 fully saturated rings. The molecule has 4 heteroatoms. The average molecular weight is 267 g/mol. The Labute approximate surface area is 114 Å². The van der Waals surface area contributed by atoms with Crippen LogP contribution < -0.4 is 5.32 Å². The fraction of sp³-hybridized carbons (Fsp3) is 0.600. The molecule has 0 radical (unpaired) electrons. The molecule has 1 aliphatic rings. The topological polar surface area (TPSA) is 30.5 Å². The van der Waals surface area contributed by atoms with Gasteiger partial charge in [0.05, 0.1) is 12.7 Å². The van der Waals surface area contributed by atoms with Gasteiger partial charge in [-0.25, -0.2) is 4.39 Å². The molecule has 0 saturated heterocycles. The van der Waals surface area contributed by atoms with E-state index in [0.29, 0.717) is 18.6 Å². The molecule has 0 bridgehead atoms. The van der Waals surface area contributed by atoms with Gasteiger partial charge in [0.15, 0.2) is 0 Å². The van der Waals surface area contributed by atoms with Crippen molar-refractivity contribution in [3.63, 3.8) is 0 Å². The lowest BCUT2D eigenvalue weighted by Gasteiger charge is -2.37. The first-order chi connectivity index (χ1) is 9.22. The number of rotatable bonds is 7. The molecule has 1 unspecified atom stereocenters. The second-order valence-corrected chi connectivity index (χ2v) is 5.14. The van der Waals surface area contributed by atoms with Crippen LogP contribution in [0.15, 0.2) is 24.3 Å². The van der Waals surface area contributed by atoms with E-state index < -0.39 is 0 Å². The second-order valence-electron chi connectivity index (χ2n) is 5.14. The first-order valence-electron chi connectivity index (χ1n) is 6.73. The molecule has 1 aromatic rings. The third-order valence-corrected chi connectivity index (χ3v) is 3.78. The van der Waals surface area contributed by atoms with Crippen LogP contribution in [0.1, 0.15) is 24.3 Å². The number of benzene rings is 1. The van der Waals surface area contributed by atoms with E-state index >= 15 is 0 Å². The monoisotopic (exact) mass is 267 g/mol. The lowest BCUT2D eigenvalue weighted by molar-refractivity contribution is 0.0251. The minimum atomic E-state index is -0.145. The predicted octanol–water partition coefficient (Wildman–Crippen LogP) is 2.32. The van der Waals surface area contributed by atoms with E-state index in [9.17, 15) is 4.39 Å². The highest BCUT2D eigenvalue weighted by molar-refractivity contribution is 5.23. The molecule has 106 valence electrons. The van der Waals surface area contributed by atoms with Gasteiger partial charge in [-0.3, -0.25) is 0 Å². The van der Waals surface area contributed by atoms with E-state index in [1.807, 2.05) is 6.07 Å². The molecule has 0 spiro atoms. The van der Waals surface area contributed by atoms with Crippen LogP contribution in [0.3, 0.4) is 0 Å². The molecule has 0 aliphatic heterocycles. The summed E-state index contributed by atoms with van der Waals surface area (Å²) in [7, 11) is 3.37. The van der Waals surface area contributed by atoms with Crippen LogP contribution in [0.5, 0.6) is 0 Å². The van der Waals surface area contributed by atoms with Crippen LogP contribution >= 0.6 is 0 Å². The van der Waals surface area contributed by atoms with Crippen molar-refractivity contribution in [3.05, 3.63) is 35.6 Å². The highest BCUT2D eigenvalue weighted by Gasteiger charge is 2.30. The van der Waals surface area contributed by atoms with Crippen LogP contribution in [0.4, 0.5) is 4.39 Å². The summed E-state index contributed by atoms with van der Waals surface area (Å²) in [5, 5.41) is 3.47. The maximum absolute atomic E-state index is 13.1. The van der Waals surface area contributed by atoms with E-state index in [0.717, 1.165) is 24.9 Å². The summed E-state index contributed by atoms with van der Waals surface area (Å²) in [6.07, 6.45) is 2.22. The Hall–Kier alpha value is -0.970. The molecule has 1 N–H and O–H groups in total. The molecule has 1 saturated carbocycles.